The first-order chi connectivity index (χ1) is 10.5. The molecule has 1 amide bonds. The molecule has 2 unspecified atom stereocenters. The summed E-state index contributed by atoms with van der Waals surface area (Å²) in [6, 6.07) is 0. The highest BCUT2D eigenvalue weighted by Gasteiger charge is 2.38. The van der Waals surface area contributed by atoms with Gasteiger partial charge in [-0.2, -0.15) is 8.42 Å². The fourth-order valence-corrected chi connectivity index (χ4v) is 4.34. The Kier molecular flexibility index (Phi) is 6.65. The molecule has 1 aliphatic heterocycles. The van der Waals surface area contributed by atoms with E-state index in [2.05, 4.69) is 5.32 Å². The molecule has 2 N–H and O–H groups in total. The third kappa shape index (κ3) is 5.21. The lowest BCUT2D eigenvalue weighted by Crippen LogP contribution is -2.37. The lowest BCUT2D eigenvalue weighted by atomic mass is 10.1. The summed E-state index contributed by atoms with van der Waals surface area (Å²) in [5.74, 6) is -0.159. The van der Waals surface area contributed by atoms with Gasteiger partial charge in [0.15, 0.2) is 0 Å². The van der Waals surface area contributed by atoms with E-state index in [1.807, 2.05) is 4.90 Å². The zero-order chi connectivity index (χ0) is 16.0. The maximum atomic E-state index is 12.7. The van der Waals surface area contributed by atoms with Gasteiger partial charge in [0, 0.05) is 19.0 Å². The molecule has 0 aromatic carbocycles. The predicted molar refractivity (Wildman–Crippen MR) is 85.2 cm³/mol. The Hall–Kier alpha value is -0.660. The number of hydrogen-bond acceptors (Lipinski definition) is 4. The van der Waals surface area contributed by atoms with Crippen LogP contribution in [0, 0.1) is 5.92 Å². The van der Waals surface area contributed by atoms with E-state index in [1.54, 1.807) is 0 Å². The Morgan fingerprint density at radius 3 is 2.27 bits per heavy atom. The summed E-state index contributed by atoms with van der Waals surface area (Å²) in [5, 5.41) is 2.65. The number of nitrogens with one attached hydrogen (secondary N) is 1. The monoisotopic (exact) mass is 332 g/mol. The maximum Gasteiger partial charge on any atom is 0.267 e. The van der Waals surface area contributed by atoms with Crippen molar-refractivity contribution >= 4 is 16.0 Å². The van der Waals surface area contributed by atoms with Gasteiger partial charge in [-0.3, -0.25) is 9.35 Å². The van der Waals surface area contributed by atoms with Crippen LogP contribution in [-0.4, -0.2) is 55.2 Å². The Morgan fingerprint density at radius 1 is 1.00 bits per heavy atom. The number of carbonyl (C=O) groups is 1. The lowest BCUT2D eigenvalue weighted by molar-refractivity contribution is -0.135. The summed E-state index contributed by atoms with van der Waals surface area (Å²) < 4.78 is 31.6. The Labute approximate surface area is 133 Å². The van der Waals surface area contributed by atoms with Gasteiger partial charge in [-0.1, -0.05) is 6.42 Å². The molecule has 1 heterocycles. The fourth-order valence-electron chi connectivity index (χ4n) is 3.43. The smallest absolute Gasteiger partial charge is 0.267 e. The van der Waals surface area contributed by atoms with Crippen LogP contribution in [0.1, 0.15) is 51.4 Å². The van der Waals surface area contributed by atoms with Crippen molar-refractivity contribution < 1.29 is 17.8 Å². The quantitative estimate of drug-likeness (QED) is 0.747. The average Bonchev–Trinajstić information content (AvgIpc) is 2.93. The van der Waals surface area contributed by atoms with E-state index < -0.39 is 15.4 Å². The molecule has 2 atom stereocenters. The minimum absolute atomic E-state index is 0.0818. The highest BCUT2D eigenvalue weighted by atomic mass is 32.2. The van der Waals surface area contributed by atoms with Gasteiger partial charge in [-0.25, -0.2) is 0 Å². The second-order valence-corrected chi connectivity index (χ2v) is 8.19. The van der Waals surface area contributed by atoms with Gasteiger partial charge >= 0.3 is 0 Å². The van der Waals surface area contributed by atoms with Crippen molar-refractivity contribution in [3.05, 3.63) is 0 Å². The molecule has 1 saturated heterocycles. The number of amides is 1. The van der Waals surface area contributed by atoms with Crippen LogP contribution in [0.5, 0.6) is 0 Å². The van der Waals surface area contributed by atoms with Gasteiger partial charge < -0.3 is 10.2 Å². The van der Waals surface area contributed by atoms with Crippen LogP contribution in [0.3, 0.4) is 0 Å². The third-order valence-electron chi connectivity index (χ3n) is 4.78. The average molecular weight is 332 g/mol. The van der Waals surface area contributed by atoms with E-state index >= 15 is 0 Å². The van der Waals surface area contributed by atoms with Gasteiger partial charge in [0.05, 0.1) is 5.25 Å². The Morgan fingerprint density at radius 2 is 1.64 bits per heavy atom. The second kappa shape index (κ2) is 8.26. The van der Waals surface area contributed by atoms with Crippen LogP contribution in [0.25, 0.3) is 0 Å². The summed E-state index contributed by atoms with van der Waals surface area (Å²) >= 11 is 0. The van der Waals surface area contributed by atoms with Crippen molar-refractivity contribution in [2.24, 2.45) is 5.92 Å². The van der Waals surface area contributed by atoms with E-state index in [9.17, 15) is 13.2 Å². The van der Waals surface area contributed by atoms with Crippen molar-refractivity contribution in [1.82, 2.24) is 10.2 Å². The number of hydrogen-bond donors (Lipinski definition) is 2. The third-order valence-corrected chi connectivity index (χ3v) is 6.05. The van der Waals surface area contributed by atoms with Gasteiger partial charge in [-0.15, -0.1) is 0 Å². The summed E-state index contributed by atoms with van der Waals surface area (Å²) in [4.78, 5) is 14.6. The molecular formula is C15H28N2O4S. The maximum absolute atomic E-state index is 12.7. The zero-order valence-electron chi connectivity index (χ0n) is 13.2. The highest BCUT2D eigenvalue weighted by molar-refractivity contribution is 7.86. The summed E-state index contributed by atoms with van der Waals surface area (Å²) in [6.45, 7) is 3.57. The molecule has 7 heteroatoms. The molecule has 6 nitrogen and oxygen atoms in total. The Balaban J connectivity index is 1.91. The van der Waals surface area contributed by atoms with Crippen LogP contribution in [0.4, 0.5) is 0 Å². The first-order valence-corrected chi connectivity index (χ1v) is 9.94. The predicted octanol–water partition coefficient (Wildman–Crippen LogP) is 1.43. The van der Waals surface area contributed by atoms with Crippen LogP contribution in [0.2, 0.25) is 0 Å². The first-order valence-electron chi connectivity index (χ1n) is 8.44. The van der Waals surface area contributed by atoms with E-state index in [1.165, 1.54) is 0 Å². The fraction of sp³-hybridized carbons (Fsp3) is 0.933. The SMILES string of the molecule is O=C(C1CCC(S(=O)(=O)O)C1)N1CCCCCNCCCC1. The second-order valence-electron chi connectivity index (χ2n) is 6.49. The van der Waals surface area contributed by atoms with Crippen molar-refractivity contribution in [3.63, 3.8) is 0 Å². The molecule has 0 aromatic heterocycles. The molecule has 0 bridgehead atoms. The highest BCUT2D eigenvalue weighted by Crippen LogP contribution is 2.31. The van der Waals surface area contributed by atoms with E-state index in [0.29, 0.717) is 12.8 Å². The molecular weight excluding hydrogens is 304 g/mol. The molecule has 0 radical (unpaired) electrons. The van der Waals surface area contributed by atoms with Crippen LogP contribution in [0.15, 0.2) is 0 Å². The molecule has 0 spiro atoms. The topological polar surface area (TPSA) is 86.7 Å². The molecule has 0 aromatic rings. The van der Waals surface area contributed by atoms with Crippen molar-refractivity contribution in [1.29, 1.82) is 0 Å². The van der Waals surface area contributed by atoms with Crippen molar-refractivity contribution in [2.75, 3.05) is 26.2 Å². The molecule has 22 heavy (non-hydrogen) atoms. The minimum Gasteiger partial charge on any atom is -0.342 e. The van der Waals surface area contributed by atoms with Crippen molar-refractivity contribution in [3.8, 4) is 0 Å². The Bertz CT molecular complexity index is 454. The number of rotatable bonds is 2. The molecule has 2 aliphatic rings. The van der Waals surface area contributed by atoms with Gasteiger partial charge in [0.25, 0.3) is 10.1 Å². The molecule has 1 aliphatic carbocycles. The van der Waals surface area contributed by atoms with Crippen molar-refractivity contribution in [2.45, 2.75) is 56.6 Å². The van der Waals surface area contributed by atoms with Crippen LogP contribution < -0.4 is 5.32 Å². The summed E-state index contributed by atoms with van der Waals surface area (Å²) in [5.41, 5.74) is 0. The number of carbonyl (C=O) groups excluding carboxylic acids is 1. The van der Waals surface area contributed by atoms with Gasteiger partial charge in [-0.05, 0) is 58.0 Å². The van der Waals surface area contributed by atoms with E-state index in [4.69, 9.17) is 4.55 Å². The standard InChI is InChI=1S/C15H28N2O4S/c18-15(13-6-7-14(12-13)22(19,20)21)17-10-4-1-2-8-16-9-3-5-11-17/h13-14,16H,1-12H2,(H,19,20,21). The van der Waals surface area contributed by atoms with Gasteiger partial charge in [0.2, 0.25) is 5.91 Å². The van der Waals surface area contributed by atoms with Gasteiger partial charge in [0.1, 0.15) is 0 Å². The largest absolute Gasteiger partial charge is 0.342 e. The molecule has 2 rings (SSSR count). The summed E-state index contributed by atoms with van der Waals surface area (Å²) in [7, 11) is -4.01. The van der Waals surface area contributed by atoms with E-state index in [-0.39, 0.29) is 18.2 Å². The zero-order valence-corrected chi connectivity index (χ0v) is 14.0. The van der Waals surface area contributed by atoms with E-state index in [0.717, 1.165) is 58.3 Å². The number of nitrogens with zero attached hydrogens (tertiary/aromatic N) is 1. The first kappa shape index (κ1) is 17.7. The molecule has 2 fully saturated rings. The molecule has 128 valence electrons. The summed E-state index contributed by atoms with van der Waals surface area (Å²) in [6.07, 6.45) is 6.52. The van der Waals surface area contributed by atoms with Crippen LogP contribution in [-0.2, 0) is 14.9 Å². The normalized spacial score (nSPS) is 29.0. The lowest BCUT2D eigenvalue weighted by Gasteiger charge is -2.25. The minimum atomic E-state index is -4.01. The van der Waals surface area contributed by atoms with Crippen LogP contribution >= 0.6 is 0 Å². The molecule has 1 saturated carbocycles.